The number of carbonyl (C=O) groups is 1. The van der Waals surface area contributed by atoms with Crippen molar-refractivity contribution >= 4 is 44.7 Å². The van der Waals surface area contributed by atoms with Crippen molar-refractivity contribution in [3.63, 3.8) is 0 Å². The van der Waals surface area contributed by atoms with E-state index >= 15 is 0 Å². The van der Waals surface area contributed by atoms with Gasteiger partial charge in [0.25, 0.3) is 0 Å². The Balaban J connectivity index is 2.39. The number of amides is 1. The molecule has 0 aliphatic heterocycles. The molecular weight excluding hydrogens is 258 g/mol. The number of hydrogen-bond donors (Lipinski definition) is 1. The number of halogens is 1. The molecule has 0 unspecified atom stereocenters. The molecule has 0 aliphatic carbocycles. The number of nitrogens with zero attached hydrogens (tertiary/aromatic N) is 2. The molecule has 1 amide bonds. The van der Waals surface area contributed by atoms with Crippen molar-refractivity contribution in [2.45, 2.75) is 13.3 Å². The van der Waals surface area contributed by atoms with Crippen LogP contribution in [0.25, 0.3) is 10.2 Å². The quantitative estimate of drug-likeness (QED) is 0.907. The summed E-state index contributed by atoms with van der Waals surface area (Å²) in [7, 11) is 0. The summed E-state index contributed by atoms with van der Waals surface area (Å²) in [5.74, 6) is -0.366. The molecule has 0 atom stereocenters. The maximum Gasteiger partial charge on any atom is 0.238 e. The van der Waals surface area contributed by atoms with E-state index in [1.165, 1.54) is 11.3 Å². The van der Waals surface area contributed by atoms with Gasteiger partial charge in [-0.05, 0) is 19.1 Å². The first kappa shape index (κ1) is 11.8. The van der Waals surface area contributed by atoms with Crippen molar-refractivity contribution in [3.05, 3.63) is 22.2 Å². The van der Waals surface area contributed by atoms with Crippen LogP contribution >= 0.6 is 22.9 Å². The van der Waals surface area contributed by atoms with E-state index in [2.05, 4.69) is 10.3 Å². The fourth-order valence-corrected chi connectivity index (χ4v) is 2.61. The second-order valence-corrected chi connectivity index (χ2v) is 4.97. The molecule has 0 saturated heterocycles. The number of rotatable bonds is 2. The smallest absolute Gasteiger partial charge is 0.238 e. The third-order valence-corrected chi connectivity index (χ3v) is 3.63. The lowest BCUT2D eigenvalue weighted by molar-refractivity contribution is -0.115. The molecule has 6 heteroatoms. The number of hydrogen-bond acceptors (Lipinski definition) is 4. The molecule has 0 saturated carbocycles. The Morgan fingerprint density at radius 2 is 2.41 bits per heavy atom. The van der Waals surface area contributed by atoms with Crippen molar-refractivity contribution in [2.75, 3.05) is 5.32 Å². The molecule has 0 radical (unpaired) electrons. The van der Waals surface area contributed by atoms with E-state index in [1.54, 1.807) is 18.2 Å². The highest BCUT2D eigenvalue weighted by Crippen LogP contribution is 2.34. The van der Waals surface area contributed by atoms with E-state index < -0.39 is 0 Å². The molecule has 1 heterocycles. The summed E-state index contributed by atoms with van der Waals surface area (Å²) in [6.45, 7) is 1.90. The lowest BCUT2D eigenvalue weighted by Gasteiger charge is -2.05. The number of carbonyl (C=O) groups excluding carboxylic acids is 1. The van der Waals surface area contributed by atoms with Crippen LogP contribution in [0.2, 0.25) is 5.02 Å². The Kier molecular flexibility index (Phi) is 3.27. The van der Waals surface area contributed by atoms with Gasteiger partial charge < -0.3 is 5.32 Å². The largest absolute Gasteiger partial charge is 0.324 e. The van der Waals surface area contributed by atoms with Gasteiger partial charge in [-0.1, -0.05) is 11.6 Å². The second kappa shape index (κ2) is 4.70. The molecule has 1 aromatic carbocycles. The zero-order chi connectivity index (χ0) is 12.4. The normalized spacial score (nSPS) is 10.2. The first-order valence-electron chi connectivity index (χ1n) is 4.84. The van der Waals surface area contributed by atoms with Gasteiger partial charge >= 0.3 is 0 Å². The van der Waals surface area contributed by atoms with E-state index in [4.69, 9.17) is 16.9 Å². The van der Waals surface area contributed by atoms with E-state index in [1.807, 2.05) is 6.92 Å². The summed E-state index contributed by atoms with van der Waals surface area (Å²) >= 11 is 7.65. The number of nitriles is 1. The average molecular weight is 266 g/mol. The maximum absolute atomic E-state index is 11.3. The highest BCUT2D eigenvalue weighted by Gasteiger charge is 2.11. The maximum atomic E-state index is 11.3. The number of aromatic nitrogens is 1. The Hall–Kier alpha value is -1.64. The predicted molar refractivity (Wildman–Crippen MR) is 68.2 cm³/mol. The Labute approximate surface area is 107 Å². The topological polar surface area (TPSA) is 65.8 Å². The van der Waals surface area contributed by atoms with Crippen molar-refractivity contribution in [3.8, 4) is 6.07 Å². The van der Waals surface area contributed by atoms with Gasteiger partial charge in [-0.15, -0.1) is 11.3 Å². The summed E-state index contributed by atoms with van der Waals surface area (Å²) in [4.78, 5) is 15.6. The van der Waals surface area contributed by atoms with Crippen LogP contribution in [0.4, 0.5) is 5.69 Å². The summed E-state index contributed by atoms with van der Waals surface area (Å²) in [5.41, 5.74) is 1.33. The van der Waals surface area contributed by atoms with Gasteiger partial charge in [0.15, 0.2) is 0 Å². The third kappa shape index (κ3) is 2.38. The van der Waals surface area contributed by atoms with E-state index in [0.29, 0.717) is 10.7 Å². The molecule has 0 aliphatic rings. The van der Waals surface area contributed by atoms with Gasteiger partial charge in [0.05, 0.1) is 32.0 Å². The second-order valence-electron chi connectivity index (χ2n) is 3.39. The van der Waals surface area contributed by atoms with Crippen LogP contribution in [0.15, 0.2) is 12.1 Å². The van der Waals surface area contributed by atoms with Crippen LogP contribution in [-0.4, -0.2) is 10.9 Å². The van der Waals surface area contributed by atoms with Gasteiger partial charge in [0, 0.05) is 0 Å². The van der Waals surface area contributed by atoms with E-state index in [0.717, 1.165) is 15.2 Å². The lowest BCUT2D eigenvalue weighted by Crippen LogP contribution is -2.10. The number of nitrogens with one attached hydrogen (secondary N) is 1. The molecule has 4 nitrogen and oxygen atoms in total. The predicted octanol–water partition coefficient (Wildman–Crippen LogP) is 3.11. The van der Waals surface area contributed by atoms with Crippen molar-refractivity contribution in [1.29, 1.82) is 5.26 Å². The minimum absolute atomic E-state index is 0.184. The molecule has 0 spiro atoms. The Bertz CT molecular complexity index is 629. The zero-order valence-corrected chi connectivity index (χ0v) is 10.5. The van der Waals surface area contributed by atoms with Crippen LogP contribution in [0.3, 0.4) is 0 Å². The molecule has 2 aromatic rings. The molecule has 0 fully saturated rings. The zero-order valence-electron chi connectivity index (χ0n) is 8.95. The van der Waals surface area contributed by atoms with Crippen molar-refractivity contribution in [2.24, 2.45) is 0 Å². The fraction of sp³-hybridized carbons (Fsp3) is 0.182. The van der Waals surface area contributed by atoms with Crippen molar-refractivity contribution < 1.29 is 4.79 Å². The van der Waals surface area contributed by atoms with Crippen LogP contribution in [0.1, 0.15) is 11.4 Å². The lowest BCUT2D eigenvalue weighted by atomic mass is 10.3. The third-order valence-electron chi connectivity index (χ3n) is 2.12. The van der Waals surface area contributed by atoms with Crippen LogP contribution in [-0.2, 0) is 4.79 Å². The average Bonchev–Trinajstić information content (AvgIpc) is 2.64. The summed E-state index contributed by atoms with van der Waals surface area (Å²) in [5, 5.41) is 12.4. The summed E-state index contributed by atoms with van der Waals surface area (Å²) in [6.07, 6.45) is -0.184. The standard InChI is InChI=1S/C11H8ClN3OS/c1-6-14-8-3-2-7(10(12)11(8)17-6)15-9(16)4-5-13/h2-3H,4H2,1H3,(H,15,16). The minimum Gasteiger partial charge on any atom is -0.324 e. The van der Waals surface area contributed by atoms with Gasteiger partial charge in [-0.3, -0.25) is 4.79 Å². The SMILES string of the molecule is Cc1nc2ccc(NC(=O)CC#N)c(Cl)c2s1. The Morgan fingerprint density at radius 3 is 3.12 bits per heavy atom. The van der Waals surface area contributed by atoms with Crippen LogP contribution in [0, 0.1) is 18.3 Å². The van der Waals surface area contributed by atoms with Gasteiger partial charge in [0.1, 0.15) is 6.42 Å². The van der Waals surface area contributed by atoms with Crippen molar-refractivity contribution in [1.82, 2.24) is 4.98 Å². The van der Waals surface area contributed by atoms with Crippen LogP contribution < -0.4 is 5.32 Å². The van der Waals surface area contributed by atoms with E-state index in [-0.39, 0.29) is 12.3 Å². The van der Waals surface area contributed by atoms with Crippen LogP contribution in [0.5, 0.6) is 0 Å². The van der Waals surface area contributed by atoms with Gasteiger partial charge in [-0.2, -0.15) is 5.26 Å². The fourth-order valence-electron chi connectivity index (χ4n) is 1.43. The first-order chi connectivity index (χ1) is 8.11. The molecular formula is C11H8ClN3OS. The molecule has 86 valence electrons. The Morgan fingerprint density at radius 1 is 1.65 bits per heavy atom. The molecule has 2 rings (SSSR count). The number of benzene rings is 1. The number of anilines is 1. The highest BCUT2D eigenvalue weighted by molar-refractivity contribution is 7.19. The molecule has 1 aromatic heterocycles. The molecule has 17 heavy (non-hydrogen) atoms. The summed E-state index contributed by atoms with van der Waals surface area (Å²) < 4.78 is 0.846. The minimum atomic E-state index is -0.366. The number of fused-ring (bicyclic) bond motifs is 1. The van der Waals surface area contributed by atoms with E-state index in [9.17, 15) is 4.79 Å². The van der Waals surface area contributed by atoms with Gasteiger partial charge in [-0.25, -0.2) is 4.98 Å². The summed E-state index contributed by atoms with van der Waals surface area (Å²) in [6, 6.07) is 5.28. The highest BCUT2D eigenvalue weighted by atomic mass is 35.5. The number of thiazole rings is 1. The monoisotopic (exact) mass is 265 g/mol. The molecule has 1 N–H and O–H groups in total. The molecule has 0 bridgehead atoms. The number of aryl methyl sites for hydroxylation is 1. The first-order valence-corrected chi connectivity index (χ1v) is 6.03. The van der Waals surface area contributed by atoms with Gasteiger partial charge in [0.2, 0.25) is 5.91 Å².